The van der Waals surface area contributed by atoms with E-state index in [0.717, 1.165) is 12.2 Å². The maximum atomic E-state index is 5.61. The highest BCUT2D eigenvalue weighted by molar-refractivity contribution is 7.80. The predicted molar refractivity (Wildman–Crippen MR) is 81.8 cm³/mol. The van der Waals surface area contributed by atoms with Crippen molar-refractivity contribution in [3.8, 4) is 0 Å². The average molecular weight is 272 g/mol. The Morgan fingerprint density at radius 2 is 2.16 bits per heavy atom. The zero-order valence-corrected chi connectivity index (χ0v) is 11.8. The summed E-state index contributed by atoms with van der Waals surface area (Å²) >= 11 is 4.95. The first-order valence-corrected chi connectivity index (χ1v) is 6.49. The summed E-state index contributed by atoms with van der Waals surface area (Å²) in [6.45, 7) is 4.88. The lowest BCUT2D eigenvalue weighted by molar-refractivity contribution is 0.942. The van der Waals surface area contributed by atoms with Gasteiger partial charge in [0.2, 0.25) is 5.95 Å². The minimum Gasteiger partial charge on any atom is -0.388 e. The highest BCUT2D eigenvalue weighted by atomic mass is 32.1. The topological polar surface area (TPSA) is 55.0 Å². The van der Waals surface area contributed by atoms with Crippen molar-refractivity contribution in [2.24, 2.45) is 5.73 Å². The molecule has 0 amide bonds. The SMILES string of the molecule is CCN(c1cccc(C)c1)c1nccc(C(N)=S)n1. The van der Waals surface area contributed by atoms with Crippen LogP contribution in [-0.2, 0) is 0 Å². The number of thiocarbonyl (C=S) groups is 1. The summed E-state index contributed by atoms with van der Waals surface area (Å²) in [5, 5.41) is 0. The minimum atomic E-state index is 0.281. The molecule has 0 fully saturated rings. The minimum absolute atomic E-state index is 0.281. The number of aromatic nitrogens is 2. The number of nitrogens with two attached hydrogens (primary N) is 1. The number of hydrogen-bond acceptors (Lipinski definition) is 4. The Morgan fingerprint density at radius 3 is 2.79 bits per heavy atom. The van der Waals surface area contributed by atoms with E-state index in [2.05, 4.69) is 35.9 Å². The van der Waals surface area contributed by atoms with Gasteiger partial charge in [-0.3, -0.25) is 0 Å². The molecule has 5 heteroatoms. The van der Waals surface area contributed by atoms with Crippen molar-refractivity contribution >= 4 is 28.8 Å². The van der Waals surface area contributed by atoms with Gasteiger partial charge in [0, 0.05) is 18.4 Å². The van der Waals surface area contributed by atoms with Crippen molar-refractivity contribution in [2.75, 3.05) is 11.4 Å². The van der Waals surface area contributed by atoms with Gasteiger partial charge in [0.05, 0.1) is 0 Å². The van der Waals surface area contributed by atoms with Crippen molar-refractivity contribution in [1.82, 2.24) is 9.97 Å². The number of nitrogens with zero attached hydrogens (tertiary/aromatic N) is 3. The molecule has 0 radical (unpaired) electrons. The monoisotopic (exact) mass is 272 g/mol. The van der Waals surface area contributed by atoms with Crippen LogP contribution in [0.1, 0.15) is 18.2 Å². The predicted octanol–water partition coefficient (Wildman–Crippen LogP) is 2.58. The Bertz CT molecular complexity index is 598. The molecule has 0 aliphatic carbocycles. The first-order valence-electron chi connectivity index (χ1n) is 6.09. The lowest BCUT2D eigenvalue weighted by Gasteiger charge is -2.21. The van der Waals surface area contributed by atoms with E-state index in [-0.39, 0.29) is 4.99 Å². The van der Waals surface area contributed by atoms with Crippen LogP contribution in [0.4, 0.5) is 11.6 Å². The quantitative estimate of drug-likeness (QED) is 0.867. The molecule has 19 heavy (non-hydrogen) atoms. The second-order valence-corrected chi connectivity index (χ2v) is 4.63. The van der Waals surface area contributed by atoms with E-state index in [1.54, 1.807) is 12.3 Å². The molecule has 4 nitrogen and oxygen atoms in total. The second kappa shape index (κ2) is 5.75. The summed E-state index contributed by atoms with van der Waals surface area (Å²) in [5.41, 5.74) is 8.45. The molecule has 2 N–H and O–H groups in total. The standard InChI is InChI=1S/C14H16N4S/c1-3-18(11-6-4-5-10(2)9-11)14-16-8-7-12(17-14)13(15)19/h4-9H,3H2,1-2H3,(H2,15,19). The Hall–Kier alpha value is -2.01. The van der Waals surface area contributed by atoms with E-state index >= 15 is 0 Å². The highest BCUT2D eigenvalue weighted by Gasteiger charge is 2.11. The number of aryl methyl sites for hydroxylation is 1. The normalized spacial score (nSPS) is 10.2. The van der Waals surface area contributed by atoms with Crippen LogP contribution in [0.3, 0.4) is 0 Å². The van der Waals surface area contributed by atoms with Crippen molar-refractivity contribution in [3.63, 3.8) is 0 Å². The Labute approximate surface area is 118 Å². The molecule has 0 saturated carbocycles. The Balaban J connectivity index is 2.42. The molecule has 0 atom stereocenters. The van der Waals surface area contributed by atoms with Crippen molar-refractivity contribution in [1.29, 1.82) is 0 Å². The van der Waals surface area contributed by atoms with E-state index in [1.165, 1.54) is 5.56 Å². The van der Waals surface area contributed by atoms with E-state index in [9.17, 15) is 0 Å². The summed E-state index contributed by atoms with van der Waals surface area (Å²) in [7, 11) is 0. The maximum absolute atomic E-state index is 5.61. The fourth-order valence-electron chi connectivity index (χ4n) is 1.85. The van der Waals surface area contributed by atoms with Gasteiger partial charge < -0.3 is 10.6 Å². The van der Waals surface area contributed by atoms with Gasteiger partial charge in [-0.15, -0.1) is 0 Å². The van der Waals surface area contributed by atoms with Gasteiger partial charge >= 0.3 is 0 Å². The zero-order valence-electron chi connectivity index (χ0n) is 11.0. The molecule has 0 aliphatic heterocycles. The highest BCUT2D eigenvalue weighted by Crippen LogP contribution is 2.22. The largest absolute Gasteiger partial charge is 0.388 e. The Morgan fingerprint density at radius 1 is 1.37 bits per heavy atom. The molecule has 1 aromatic carbocycles. The van der Waals surface area contributed by atoms with E-state index in [1.807, 2.05) is 17.0 Å². The number of hydrogen-bond donors (Lipinski definition) is 1. The average Bonchev–Trinajstić information content (AvgIpc) is 2.40. The summed E-state index contributed by atoms with van der Waals surface area (Å²) in [4.78, 5) is 11.0. The molecular formula is C14H16N4S. The van der Waals surface area contributed by atoms with Gasteiger partial charge in [-0.25, -0.2) is 9.97 Å². The summed E-state index contributed by atoms with van der Waals surface area (Å²) in [6.07, 6.45) is 1.68. The fourth-order valence-corrected chi connectivity index (χ4v) is 1.96. The molecule has 98 valence electrons. The maximum Gasteiger partial charge on any atom is 0.230 e. The summed E-state index contributed by atoms with van der Waals surface area (Å²) in [5.74, 6) is 0.610. The van der Waals surface area contributed by atoms with E-state index < -0.39 is 0 Å². The molecule has 2 rings (SSSR count). The summed E-state index contributed by atoms with van der Waals surface area (Å²) in [6, 6.07) is 9.93. The smallest absolute Gasteiger partial charge is 0.230 e. The molecule has 0 bridgehead atoms. The third kappa shape index (κ3) is 3.06. The van der Waals surface area contributed by atoms with Crippen molar-refractivity contribution < 1.29 is 0 Å². The van der Waals surface area contributed by atoms with Crippen LogP contribution in [0.15, 0.2) is 36.5 Å². The van der Waals surface area contributed by atoms with Gasteiger partial charge in [-0.2, -0.15) is 0 Å². The fraction of sp³-hybridized carbons (Fsp3) is 0.214. The number of anilines is 2. The van der Waals surface area contributed by atoms with Crippen LogP contribution in [-0.4, -0.2) is 21.5 Å². The second-order valence-electron chi connectivity index (χ2n) is 4.19. The molecule has 1 aromatic heterocycles. The van der Waals surface area contributed by atoms with Gasteiger partial charge in [0.25, 0.3) is 0 Å². The van der Waals surface area contributed by atoms with Crippen LogP contribution in [0.2, 0.25) is 0 Å². The third-order valence-electron chi connectivity index (χ3n) is 2.77. The van der Waals surface area contributed by atoms with Gasteiger partial charge in [-0.05, 0) is 37.6 Å². The van der Waals surface area contributed by atoms with E-state index in [4.69, 9.17) is 18.0 Å². The molecular weight excluding hydrogens is 256 g/mol. The van der Waals surface area contributed by atoms with E-state index in [0.29, 0.717) is 11.6 Å². The van der Waals surface area contributed by atoms with Crippen LogP contribution < -0.4 is 10.6 Å². The van der Waals surface area contributed by atoms with Crippen molar-refractivity contribution in [2.45, 2.75) is 13.8 Å². The molecule has 0 saturated heterocycles. The number of benzene rings is 1. The van der Waals surface area contributed by atoms with Crippen molar-refractivity contribution in [3.05, 3.63) is 47.8 Å². The molecule has 0 spiro atoms. The zero-order chi connectivity index (χ0) is 13.8. The Kier molecular flexibility index (Phi) is 4.06. The van der Waals surface area contributed by atoms with Crippen LogP contribution in [0.25, 0.3) is 0 Å². The first kappa shape index (κ1) is 13.4. The van der Waals surface area contributed by atoms with Crippen LogP contribution in [0, 0.1) is 6.92 Å². The van der Waals surface area contributed by atoms with Crippen LogP contribution >= 0.6 is 12.2 Å². The molecule has 1 heterocycles. The van der Waals surface area contributed by atoms with Crippen LogP contribution in [0.5, 0.6) is 0 Å². The summed E-state index contributed by atoms with van der Waals surface area (Å²) < 4.78 is 0. The third-order valence-corrected chi connectivity index (χ3v) is 2.98. The molecule has 0 aliphatic rings. The first-order chi connectivity index (χ1) is 9.11. The molecule has 0 unspecified atom stereocenters. The van der Waals surface area contributed by atoms with Gasteiger partial charge in [-0.1, -0.05) is 24.4 Å². The lowest BCUT2D eigenvalue weighted by atomic mass is 10.2. The molecule has 2 aromatic rings. The van der Waals surface area contributed by atoms with Gasteiger partial charge in [0.1, 0.15) is 10.7 Å². The van der Waals surface area contributed by atoms with Gasteiger partial charge in [0.15, 0.2) is 0 Å². The lowest BCUT2D eigenvalue weighted by Crippen LogP contribution is -2.21. The number of rotatable bonds is 4.